The summed E-state index contributed by atoms with van der Waals surface area (Å²) in [7, 11) is -4.48. The number of carbonyl (C=O) groups excluding carboxylic acids is 1. The number of carbonyl (C=O) groups is 2. The number of carboxylic acid groups (broad SMARTS) is 1. The van der Waals surface area contributed by atoms with E-state index in [1.54, 1.807) is 20.8 Å². The average molecular weight is 595 g/mol. The maximum absolute atomic E-state index is 14.0. The number of amides is 1. The summed E-state index contributed by atoms with van der Waals surface area (Å²) in [5.41, 5.74) is -4.35. The lowest BCUT2D eigenvalue weighted by molar-refractivity contribution is -0.175. The molecule has 0 spiro atoms. The molecule has 1 aliphatic heterocycles. The molecule has 0 bridgehead atoms. The van der Waals surface area contributed by atoms with Crippen molar-refractivity contribution >= 4 is 45.4 Å². The molecule has 2 aromatic rings. The number of fused-ring (bicyclic) bond motifs is 1. The normalized spacial score (nSPS) is 16.5. The first-order valence-electron chi connectivity index (χ1n) is 11.9. The first-order chi connectivity index (χ1) is 17.8. The Morgan fingerprint density at radius 1 is 1.28 bits per heavy atom. The maximum Gasteiger partial charge on any atom is 0.412 e. The van der Waals surface area contributed by atoms with Crippen molar-refractivity contribution in [1.29, 1.82) is 0 Å². The molecule has 10 nitrogen and oxygen atoms in total. The number of halogens is 4. The summed E-state index contributed by atoms with van der Waals surface area (Å²) in [5, 5.41) is 13.5. The molecule has 0 radical (unpaired) electrons. The Kier molecular flexibility index (Phi) is 7.98. The Morgan fingerprint density at radius 2 is 1.90 bits per heavy atom. The van der Waals surface area contributed by atoms with Gasteiger partial charge in [0.1, 0.15) is 28.6 Å². The van der Waals surface area contributed by atoms with Gasteiger partial charge in [0.25, 0.3) is 10.0 Å². The number of rotatable bonds is 8. The van der Waals surface area contributed by atoms with Crippen molar-refractivity contribution in [2.24, 2.45) is 5.41 Å². The number of hydrogen-bond donors (Lipinski definition) is 1. The van der Waals surface area contributed by atoms with E-state index in [1.165, 1.54) is 23.9 Å². The SMILES string of the molecule is CCn1cc(S(=O)(=O)N2C[C@@H](CC(C)(C)C=O)Oc3ccc(N(C(=O)O)C(C)(C)C(F)(F)F)c(C)c32)c(Cl)n1. The van der Waals surface area contributed by atoms with Gasteiger partial charge in [-0.1, -0.05) is 25.4 Å². The number of nitrogens with zero attached hydrogens (tertiary/aromatic N) is 4. The summed E-state index contributed by atoms with van der Waals surface area (Å²) in [4.78, 5) is 23.5. The predicted molar refractivity (Wildman–Crippen MR) is 138 cm³/mol. The molecule has 3 rings (SSSR count). The van der Waals surface area contributed by atoms with E-state index >= 15 is 0 Å². The van der Waals surface area contributed by atoms with Crippen molar-refractivity contribution in [3.05, 3.63) is 29.0 Å². The van der Waals surface area contributed by atoms with E-state index in [1.807, 2.05) is 0 Å². The average Bonchev–Trinajstić information content (AvgIpc) is 3.20. The second-order valence-electron chi connectivity index (χ2n) is 10.5. The van der Waals surface area contributed by atoms with Crippen molar-refractivity contribution in [2.45, 2.75) is 77.2 Å². The van der Waals surface area contributed by atoms with Crippen molar-refractivity contribution in [1.82, 2.24) is 9.78 Å². The summed E-state index contributed by atoms with van der Waals surface area (Å²) in [6.45, 7) is 7.75. The van der Waals surface area contributed by atoms with Crippen LogP contribution in [0.2, 0.25) is 5.15 Å². The summed E-state index contributed by atoms with van der Waals surface area (Å²) in [6, 6.07) is 2.36. The highest BCUT2D eigenvalue weighted by molar-refractivity contribution is 7.93. The molecule has 39 heavy (non-hydrogen) atoms. The van der Waals surface area contributed by atoms with Crippen LogP contribution in [-0.2, 0) is 21.4 Å². The minimum absolute atomic E-state index is 0.00747. The number of anilines is 2. The number of sulfonamides is 1. The fourth-order valence-electron chi connectivity index (χ4n) is 4.37. The molecular weight excluding hydrogens is 565 g/mol. The van der Waals surface area contributed by atoms with Gasteiger partial charge in [-0.15, -0.1) is 0 Å². The first-order valence-corrected chi connectivity index (χ1v) is 13.7. The third-order valence-electron chi connectivity index (χ3n) is 6.61. The molecule has 0 unspecified atom stereocenters. The van der Waals surface area contributed by atoms with Crippen LogP contribution in [0.25, 0.3) is 0 Å². The molecule has 1 aliphatic rings. The van der Waals surface area contributed by atoms with Crippen LogP contribution in [0.1, 0.15) is 46.6 Å². The van der Waals surface area contributed by atoms with Gasteiger partial charge in [0.15, 0.2) is 5.15 Å². The van der Waals surface area contributed by atoms with Crippen LogP contribution in [0.4, 0.5) is 29.3 Å². The van der Waals surface area contributed by atoms with Gasteiger partial charge in [0.2, 0.25) is 0 Å². The molecule has 0 aliphatic carbocycles. The van der Waals surface area contributed by atoms with E-state index in [9.17, 15) is 36.3 Å². The number of benzene rings is 1. The van der Waals surface area contributed by atoms with Crippen molar-refractivity contribution in [2.75, 3.05) is 15.7 Å². The van der Waals surface area contributed by atoms with Gasteiger partial charge in [0.05, 0.1) is 17.9 Å². The first kappa shape index (κ1) is 30.5. The topological polar surface area (TPSA) is 122 Å². The molecule has 1 amide bonds. The van der Waals surface area contributed by atoms with Crippen LogP contribution < -0.4 is 13.9 Å². The van der Waals surface area contributed by atoms with Gasteiger partial charge >= 0.3 is 12.3 Å². The van der Waals surface area contributed by atoms with Crippen LogP contribution in [0.5, 0.6) is 5.75 Å². The fourth-order valence-corrected chi connectivity index (χ4v) is 6.38. The Morgan fingerprint density at radius 3 is 2.38 bits per heavy atom. The second kappa shape index (κ2) is 10.2. The van der Waals surface area contributed by atoms with Gasteiger partial charge in [0, 0.05) is 23.7 Å². The van der Waals surface area contributed by atoms with Crippen LogP contribution in [0.15, 0.2) is 23.2 Å². The van der Waals surface area contributed by atoms with Crippen LogP contribution in [-0.4, -0.2) is 60.0 Å². The number of aryl methyl sites for hydroxylation is 1. The quantitative estimate of drug-likeness (QED) is 0.414. The highest BCUT2D eigenvalue weighted by Crippen LogP contribution is 2.47. The lowest BCUT2D eigenvalue weighted by Crippen LogP contribution is -2.57. The molecule has 0 saturated heterocycles. The Labute approximate surface area is 229 Å². The van der Waals surface area contributed by atoms with Gasteiger partial charge in [-0.2, -0.15) is 18.3 Å². The van der Waals surface area contributed by atoms with Crippen molar-refractivity contribution in [3.63, 3.8) is 0 Å². The zero-order chi connectivity index (χ0) is 29.7. The summed E-state index contributed by atoms with van der Waals surface area (Å²) < 4.78 is 77.9. The maximum atomic E-state index is 14.0. The Hall–Kier alpha value is -3.00. The molecule has 1 aromatic heterocycles. The van der Waals surface area contributed by atoms with Crippen LogP contribution in [0.3, 0.4) is 0 Å². The van der Waals surface area contributed by atoms with E-state index in [2.05, 4.69) is 5.10 Å². The standard InChI is InChI=1S/C24H30ClF3N4O6S/c1-7-30-12-18(20(25)29-30)39(36,37)31-11-15(10-22(3,4)13-33)38-17-9-8-16(14(2)19(17)31)32(21(34)35)23(5,6)24(26,27)28/h8-9,12-13,15H,7,10-11H2,1-6H3,(H,34,35)/t15-/m1/s1. The van der Waals surface area contributed by atoms with E-state index < -0.39 is 39.4 Å². The molecule has 216 valence electrons. The lowest BCUT2D eigenvalue weighted by atomic mass is 9.88. The molecule has 0 fully saturated rings. The van der Waals surface area contributed by atoms with E-state index in [0.717, 1.165) is 10.4 Å². The molecular formula is C24H30ClF3N4O6S. The lowest BCUT2D eigenvalue weighted by Gasteiger charge is -2.41. The van der Waals surface area contributed by atoms with Crippen molar-refractivity contribution < 1.29 is 41.0 Å². The zero-order valence-corrected chi connectivity index (χ0v) is 23.8. The summed E-state index contributed by atoms with van der Waals surface area (Å²) >= 11 is 6.17. The van der Waals surface area contributed by atoms with E-state index in [-0.39, 0.29) is 50.6 Å². The Balaban J connectivity index is 2.29. The van der Waals surface area contributed by atoms with Crippen LogP contribution in [0, 0.1) is 12.3 Å². The number of ether oxygens (including phenoxy) is 1. The number of alkyl halides is 3. The molecule has 15 heteroatoms. The van der Waals surface area contributed by atoms with Gasteiger partial charge in [-0.3, -0.25) is 13.9 Å². The smallest absolute Gasteiger partial charge is 0.412 e. The largest absolute Gasteiger partial charge is 0.486 e. The highest BCUT2D eigenvalue weighted by atomic mass is 35.5. The third kappa shape index (κ3) is 5.53. The van der Waals surface area contributed by atoms with Gasteiger partial charge in [-0.05, 0) is 46.2 Å². The van der Waals surface area contributed by atoms with Gasteiger partial charge in [-0.25, -0.2) is 13.2 Å². The van der Waals surface area contributed by atoms with Crippen molar-refractivity contribution in [3.8, 4) is 5.75 Å². The molecule has 1 atom stereocenters. The number of aromatic nitrogens is 2. The number of aldehydes is 1. The fraction of sp³-hybridized carbons (Fsp3) is 0.542. The monoisotopic (exact) mass is 594 g/mol. The van der Waals surface area contributed by atoms with Gasteiger partial charge < -0.3 is 14.6 Å². The predicted octanol–water partition coefficient (Wildman–Crippen LogP) is 5.26. The van der Waals surface area contributed by atoms with E-state index in [0.29, 0.717) is 26.7 Å². The molecule has 2 heterocycles. The third-order valence-corrected chi connectivity index (χ3v) is 8.77. The zero-order valence-electron chi connectivity index (χ0n) is 22.2. The molecule has 0 saturated carbocycles. The van der Waals surface area contributed by atoms with Crippen LogP contribution >= 0.6 is 11.6 Å². The highest BCUT2D eigenvalue weighted by Gasteiger charge is 2.54. The second-order valence-corrected chi connectivity index (χ2v) is 12.6. The van der Waals surface area contributed by atoms with E-state index in [4.69, 9.17) is 16.3 Å². The summed E-state index contributed by atoms with van der Waals surface area (Å²) in [5.74, 6) is -0.00747. The minimum Gasteiger partial charge on any atom is -0.486 e. The molecule has 1 N–H and O–H groups in total. The summed E-state index contributed by atoms with van der Waals surface area (Å²) in [6.07, 6.45) is -5.60. The minimum atomic E-state index is -4.95. The Bertz CT molecular complexity index is 1390. The molecule has 1 aromatic carbocycles. The number of hydrogen-bond acceptors (Lipinski definition) is 6.